The second-order valence-electron chi connectivity index (χ2n) is 4.64. The highest BCUT2D eigenvalue weighted by Gasteiger charge is 2.23. The van der Waals surface area contributed by atoms with E-state index in [4.69, 9.17) is 5.73 Å². The molecule has 17 heavy (non-hydrogen) atoms. The van der Waals surface area contributed by atoms with Gasteiger partial charge < -0.3 is 10.6 Å². The van der Waals surface area contributed by atoms with Gasteiger partial charge in [0, 0.05) is 32.5 Å². The molecule has 2 N–H and O–H groups in total. The smallest absolute Gasteiger partial charge is 0.227 e. The summed E-state index contributed by atoms with van der Waals surface area (Å²) in [5, 5.41) is 0. The van der Waals surface area contributed by atoms with E-state index in [-0.39, 0.29) is 17.7 Å². The van der Waals surface area contributed by atoms with Crippen LogP contribution in [0.3, 0.4) is 0 Å². The van der Waals surface area contributed by atoms with Crippen LogP contribution in [-0.2, 0) is 11.3 Å². The zero-order valence-corrected chi connectivity index (χ0v) is 10.8. The molecular formula is C13H21N3O. The van der Waals surface area contributed by atoms with Gasteiger partial charge in [0.2, 0.25) is 5.91 Å². The highest BCUT2D eigenvalue weighted by Crippen LogP contribution is 2.13. The normalized spacial score (nSPS) is 12.5. The fourth-order valence-electron chi connectivity index (χ4n) is 1.78. The van der Waals surface area contributed by atoms with Gasteiger partial charge in [-0.2, -0.15) is 0 Å². The van der Waals surface area contributed by atoms with Crippen molar-refractivity contribution < 1.29 is 4.79 Å². The molecule has 0 aliphatic rings. The molecule has 1 rings (SSSR count). The Hall–Kier alpha value is -1.42. The molecule has 1 unspecified atom stereocenters. The monoisotopic (exact) mass is 235 g/mol. The van der Waals surface area contributed by atoms with E-state index in [9.17, 15) is 4.79 Å². The first-order valence-electron chi connectivity index (χ1n) is 5.90. The lowest BCUT2D eigenvalue weighted by Gasteiger charge is -2.25. The Balaban J connectivity index is 2.64. The molecule has 1 atom stereocenters. The number of nitrogens with two attached hydrogens (primary N) is 1. The number of rotatable bonds is 5. The zero-order chi connectivity index (χ0) is 12.8. The van der Waals surface area contributed by atoms with Crippen LogP contribution in [-0.4, -0.2) is 29.4 Å². The fraction of sp³-hybridized carbons (Fsp3) is 0.538. The molecule has 1 amide bonds. The Kier molecular flexibility index (Phi) is 5.10. The predicted octanol–water partition coefficient (Wildman–Crippen LogP) is 1.27. The van der Waals surface area contributed by atoms with Gasteiger partial charge in [0.1, 0.15) is 0 Å². The van der Waals surface area contributed by atoms with Crippen LogP contribution in [0.1, 0.15) is 19.4 Å². The number of aromatic nitrogens is 1. The van der Waals surface area contributed by atoms with Gasteiger partial charge in [-0.15, -0.1) is 0 Å². The van der Waals surface area contributed by atoms with Crippen LogP contribution in [0.15, 0.2) is 24.5 Å². The minimum atomic E-state index is -0.100. The average molecular weight is 235 g/mol. The second-order valence-corrected chi connectivity index (χ2v) is 4.64. The van der Waals surface area contributed by atoms with Crippen molar-refractivity contribution in [2.24, 2.45) is 17.6 Å². The molecule has 4 heteroatoms. The molecular weight excluding hydrogens is 214 g/mol. The summed E-state index contributed by atoms with van der Waals surface area (Å²) in [5.41, 5.74) is 6.68. The zero-order valence-electron chi connectivity index (χ0n) is 10.8. The summed E-state index contributed by atoms with van der Waals surface area (Å²) >= 11 is 0. The molecule has 0 aliphatic heterocycles. The summed E-state index contributed by atoms with van der Waals surface area (Å²) in [6.07, 6.45) is 3.50. The number of nitrogens with zero attached hydrogens (tertiary/aromatic N) is 2. The van der Waals surface area contributed by atoms with Gasteiger partial charge in [-0.25, -0.2) is 0 Å². The van der Waals surface area contributed by atoms with Crippen LogP contribution in [0.25, 0.3) is 0 Å². The van der Waals surface area contributed by atoms with E-state index in [2.05, 4.69) is 4.98 Å². The van der Waals surface area contributed by atoms with Crippen molar-refractivity contribution in [3.05, 3.63) is 30.1 Å². The van der Waals surface area contributed by atoms with Crippen molar-refractivity contribution in [3.8, 4) is 0 Å². The molecule has 0 bridgehead atoms. The van der Waals surface area contributed by atoms with Crippen LogP contribution in [0.4, 0.5) is 0 Å². The van der Waals surface area contributed by atoms with Gasteiger partial charge in [-0.1, -0.05) is 19.9 Å². The molecule has 1 aromatic heterocycles. The molecule has 1 aromatic rings. The molecule has 4 nitrogen and oxygen atoms in total. The number of carbonyl (C=O) groups excluding carboxylic acids is 1. The molecule has 0 radical (unpaired) electrons. The lowest BCUT2D eigenvalue weighted by atomic mass is 9.94. The lowest BCUT2D eigenvalue weighted by molar-refractivity contribution is -0.135. The maximum absolute atomic E-state index is 12.1. The van der Waals surface area contributed by atoms with Crippen molar-refractivity contribution in [1.82, 2.24) is 9.88 Å². The SMILES string of the molecule is CC(C)C(CN)C(=O)N(C)Cc1cccnc1. The number of carbonyl (C=O) groups is 1. The van der Waals surface area contributed by atoms with Crippen molar-refractivity contribution in [1.29, 1.82) is 0 Å². The van der Waals surface area contributed by atoms with E-state index < -0.39 is 0 Å². The van der Waals surface area contributed by atoms with Gasteiger partial charge in [0.05, 0.1) is 5.92 Å². The van der Waals surface area contributed by atoms with E-state index in [1.807, 2.05) is 26.0 Å². The second kappa shape index (κ2) is 6.35. The quantitative estimate of drug-likeness (QED) is 0.836. The summed E-state index contributed by atoms with van der Waals surface area (Å²) < 4.78 is 0. The van der Waals surface area contributed by atoms with Crippen molar-refractivity contribution in [2.75, 3.05) is 13.6 Å². The highest BCUT2D eigenvalue weighted by atomic mass is 16.2. The van der Waals surface area contributed by atoms with E-state index >= 15 is 0 Å². The summed E-state index contributed by atoms with van der Waals surface area (Å²) in [6, 6.07) is 3.83. The van der Waals surface area contributed by atoms with Crippen LogP contribution in [0, 0.1) is 11.8 Å². The predicted molar refractivity (Wildman–Crippen MR) is 68.1 cm³/mol. The third-order valence-corrected chi connectivity index (χ3v) is 2.89. The first-order chi connectivity index (χ1) is 8.06. The Morgan fingerprint density at radius 1 is 1.53 bits per heavy atom. The minimum Gasteiger partial charge on any atom is -0.341 e. The number of amides is 1. The molecule has 0 saturated heterocycles. The molecule has 1 heterocycles. The minimum absolute atomic E-state index is 0.100. The van der Waals surface area contributed by atoms with Crippen molar-refractivity contribution >= 4 is 5.91 Å². The van der Waals surface area contributed by atoms with Crippen molar-refractivity contribution in [2.45, 2.75) is 20.4 Å². The Labute approximate surface area is 103 Å². The Morgan fingerprint density at radius 2 is 2.24 bits per heavy atom. The first-order valence-corrected chi connectivity index (χ1v) is 5.90. The number of hydrogen-bond acceptors (Lipinski definition) is 3. The summed E-state index contributed by atoms with van der Waals surface area (Å²) in [4.78, 5) is 17.9. The largest absolute Gasteiger partial charge is 0.341 e. The molecule has 0 saturated carbocycles. The number of pyridine rings is 1. The number of hydrogen-bond donors (Lipinski definition) is 1. The van der Waals surface area contributed by atoms with Crippen LogP contribution < -0.4 is 5.73 Å². The van der Waals surface area contributed by atoms with Gasteiger partial charge in [-0.3, -0.25) is 9.78 Å². The third-order valence-electron chi connectivity index (χ3n) is 2.89. The molecule has 0 aliphatic carbocycles. The first kappa shape index (κ1) is 13.6. The van der Waals surface area contributed by atoms with Crippen LogP contribution >= 0.6 is 0 Å². The lowest BCUT2D eigenvalue weighted by Crippen LogP contribution is -2.38. The fourth-order valence-corrected chi connectivity index (χ4v) is 1.78. The molecule has 0 fully saturated rings. The van der Waals surface area contributed by atoms with Gasteiger partial charge >= 0.3 is 0 Å². The maximum Gasteiger partial charge on any atom is 0.227 e. The molecule has 94 valence electrons. The van der Waals surface area contributed by atoms with Crippen molar-refractivity contribution in [3.63, 3.8) is 0 Å². The maximum atomic E-state index is 12.1. The summed E-state index contributed by atoms with van der Waals surface area (Å²) in [7, 11) is 1.81. The average Bonchev–Trinajstić information content (AvgIpc) is 2.30. The van der Waals surface area contributed by atoms with E-state index in [0.717, 1.165) is 5.56 Å². The highest BCUT2D eigenvalue weighted by molar-refractivity contribution is 5.79. The van der Waals surface area contributed by atoms with E-state index in [1.54, 1.807) is 24.3 Å². The topological polar surface area (TPSA) is 59.2 Å². The Morgan fingerprint density at radius 3 is 2.71 bits per heavy atom. The van der Waals surface area contributed by atoms with E-state index in [0.29, 0.717) is 13.1 Å². The molecule has 0 aromatic carbocycles. The third kappa shape index (κ3) is 3.82. The van der Waals surface area contributed by atoms with Gasteiger partial charge in [-0.05, 0) is 17.5 Å². The van der Waals surface area contributed by atoms with Gasteiger partial charge in [0.15, 0.2) is 0 Å². The standard InChI is InChI=1S/C13H21N3O/c1-10(2)12(7-14)13(17)16(3)9-11-5-4-6-15-8-11/h4-6,8,10,12H,7,9,14H2,1-3H3. The van der Waals surface area contributed by atoms with Crippen LogP contribution in [0.5, 0.6) is 0 Å². The summed E-state index contributed by atoms with van der Waals surface area (Å²) in [5.74, 6) is 0.270. The Bertz CT molecular complexity index is 351. The molecule has 0 spiro atoms. The van der Waals surface area contributed by atoms with Crippen LogP contribution in [0.2, 0.25) is 0 Å². The van der Waals surface area contributed by atoms with Gasteiger partial charge in [0.25, 0.3) is 0 Å². The summed E-state index contributed by atoms with van der Waals surface area (Å²) in [6.45, 7) is 5.02. The van der Waals surface area contributed by atoms with E-state index in [1.165, 1.54) is 0 Å².